The van der Waals surface area contributed by atoms with Gasteiger partial charge in [0.2, 0.25) is 5.91 Å². The molecule has 28 heavy (non-hydrogen) atoms. The van der Waals surface area contributed by atoms with Crippen molar-refractivity contribution < 1.29 is 27.9 Å². The number of morpholine rings is 1. The number of ether oxygens (including phenoxy) is 2. The molecule has 0 unspecified atom stereocenters. The van der Waals surface area contributed by atoms with Crippen molar-refractivity contribution in [2.24, 2.45) is 7.05 Å². The van der Waals surface area contributed by atoms with Crippen LogP contribution in [0.25, 0.3) is 0 Å². The van der Waals surface area contributed by atoms with Crippen molar-refractivity contribution in [3.05, 3.63) is 30.1 Å². The van der Waals surface area contributed by atoms with E-state index in [-0.39, 0.29) is 23.1 Å². The monoisotopic (exact) mass is 414 g/mol. The number of aromatic nitrogens is 3. The SMILES string of the molecule is Cn1c(C[NH+]2CCOCC2)nnc1SCC(=O)Nc1ccccc1OC(F)F. The van der Waals surface area contributed by atoms with Crippen molar-refractivity contribution in [3.63, 3.8) is 0 Å². The molecule has 1 fully saturated rings. The van der Waals surface area contributed by atoms with Crippen LogP contribution in [-0.4, -0.2) is 59.3 Å². The highest BCUT2D eigenvalue weighted by Gasteiger charge is 2.19. The van der Waals surface area contributed by atoms with Gasteiger partial charge in [-0.3, -0.25) is 4.79 Å². The van der Waals surface area contributed by atoms with E-state index in [9.17, 15) is 13.6 Å². The maximum Gasteiger partial charge on any atom is 0.387 e. The minimum atomic E-state index is -2.96. The van der Waals surface area contributed by atoms with Gasteiger partial charge in [-0.25, -0.2) is 0 Å². The van der Waals surface area contributed by atoms with E-state index in [1.54, 1.807) is 12.1 Å². The van der Waals surface area contributed by atoms with Gasteiger partial charge in [0, 0.05) is 7.05 Å². The number of para-hydroxylation sites is 2. The van der Waals surface area contributed by atoms with Crippen LogP contribution in [0.5, 0.6) is 5.75 Å². The Morgan fingerprint density at radius 2 is 2.11 bits per heavy atom. The van der Waals surface area contributed by atoms with E-state index >= 15 is 0 Å². The van der Waals surface area contributed by atoms with Gasteiger partial charge in [0.05, 0.1) is 24.7 Å². The van der Waals surface area contributed by atoms with Crippen LogP contribution >= 0.6 is 11.8 Å². The van der Waals surface area contributed by atoms with Crippen LogP contribution in [0.3, 0.4) is 0 Å². The molecule has 152 valence electrons. The lowest BCUT2D eigenvalue weighted by atomic mass is 10.3. The van der Waals surface area contributed by atoms with E-state index in [0.29, 0.717) is 5.16 Å². The summed E-state index contributed by atoms with van der Waals surface area (Å²) in [5.74, 6) is 0.485. The molecule has 1 aliphatic heterocycles. The van der Waals surface area contributed by atoms with Crippen LogP contribution in [0.1, 0.15) is 5.82 Å². The highest BCUT2D eigenvalue weighted by molar-refractivity contribution is 7.99. The second-order valence-corrected chi connectivity index (χ2v) is 7.15. The van der Waals surface area contributed by atoms with E-state index in [4.69, 9.17) is 4.74 Å². The number of thioether (sulfide) groups is 1. The Morgan fingerprint density at radius 3 is 2.86 bits per heavy atom. The molecule has 0 spiro atoms. The van der Waals surface area contributed by atoms with Gasteiger partial charge in [0.15, 0.2) is 11.0 Å². The van der Waals surface area contributed by atoms with Gasteiger partial charge in [-0.05, 0) is 12.1 Å². The fraction of sp³-hybridized carbons (Fsp3) is 0.471. The fourth-order valence-electron chi connectivity index (χ4n) is 2.77. The number of amides is 1. The molecule has 1 amide bonds. The van der Waals surface area contributed by atoms with Gasteiger partial charge in [-0.15, -0.1) is 10.2 Å². The predicted molar refractivity (Wildman–Crippen MR) is 98.7 cm³/mol. The first-order valence-electron chi connectivity index (χ1n) is 8.79. The molecule has 0 atom stereocenters. The first-order valence-corrected chi connectivity index (χ1v) is 9.77. The standard InChI is InChI=1S/C17H21F2N5O3S/c1-23-14(10-24-6-8-26-9-7-24)21-22-17(23)28-11-15(25)20-12-4-2-3-5-13(12)27-16(18)19/h2-5,16H,6-11H2,1H3,(H,20,25)/p+1. The molecular formula is C17H22F2N5O3S+. The summed E-state index contributed by atoms with van der Waals surface area (Å²) >= 11 is 1.23. The van der Waals surface area contributed by atoms with Crippen molar-refractivity contribution in [3.8, 4) is 5.75 Å². The highest BCUT2D eigenvalue weighted by Crippen LogP contribution is 2.26. The summed E-state index contributed by atoms with van der Waals surface area (Å²) in [6.45, 7) is 1.13. The molecule has 2 aromatic rings. The zero-order valence-corrected chi connectivity index (χ0v) is 16.2. The maximum absolute atomic E-state index is 12.5. The smallest absolute Gasteiger partial charge is 0.387 e. The molecule has 8 nitrogen and oxygen atoms in total. The Morgan fingerprint density at radius 1 is 1.36 bits per heavy atom. The molecule has 2 heterocycles. The molecule has 1 aromatic heterocycles. The summed E-state index contributed by atoms with van der Waals surface area (Å²) in [6.07, 6.45) is 0. The van der Waals surface area contributed by atoms with Crippen molar-refractivity contribution in [1.29, 1.82) is 0 Å². The van der Waals surface area contributed by atoms with Crippen LogP contribution < -0.4 is 15.0 Å². The number of nitrogens with zero attached hydrogens (tertiary/aromatic N) is 3. The molecule has 1 aliphatic rings. The number of benzene rings is 1. The lowest BCUT2D eigenvalue weighted by Gasteiger charge is -2.23. The van der Waals surface area contributed by atoms with E-state index in [1.807, 2.05) is 11.6 Å². The van der Waals surface area contributed by atoms with Gasteiger partial charge in [0.1, 0.15) is 25.4 Å². The summed E-state index contributed by atoms with van der Waals surface area (Å²) in [5.41, 5.74) is 0.197. The first kappa shape index (κ1) is 20.5. The van der Waals surface area contributed by atoms with Gasteiger partial charge in [-0.2, -0.15) is 8.78 Å². The van der Waals surface area contributed by atoms with Crippen molar-refractivity contribution >= 4 is 23.4 Å². The number of carbonyl (C=O) groups is 1. The third kappa shape index (κ3) is 5.63. The van der Waals surface area contributed by atoms with Crippen molar-refractivity contribution in [2.45, 2.75) is 18.3 Å². The lowest BCUT2D eigenvalue weighted by molar-refractivity contribution is -0.922. The molecule has 1 aromatic carbocycles. The minimum absolute atomic E-state index is 0.0688. The molecule has 0 aliphatic carbocycles. The van der Waals surface area contributed by atoms with E-state index in [1.165, 1.54) is 28.8 Å². The Kier molecular flexibility index (Phi) is 7.18. The van der Waals surface area contributed by atoms with E-state index in [0.717, 1.165) is 38.7 Å². The van der Waals surface area contributed by atoms with Gasteiger partial charge < -0.3 is 24.3 Å². The normalized spacial score (nSPS) is 15.0. The molecule has 3 rings (SSSR count). The summed E-state index contributed by atoms with van der Waals surface area (Å²) in [5, 5.41) is 11.6. The van der Waals surface area contributed by atoms with Crippen LogP contribution in [0, 0.1) is 0 Å². The minimum Gasteiger partial charge on any atom is -0.433 e. The molecular weight excluding hydrogens is 392 g/mol. The van der Waals surface area contributed by atoms with Crippen molar-refractivity contribution in [1.82, 2.24) is 14.8 Å². The maximum atomic E-state index is 12.5. The fourth-order valence-corrected chi connectivity index (χ4v) is 3.50. The molecule has 2 N–H and O–H groups in total. The molecule has 0 radical (unpaired) electrons. The second-order valence-electron chi connectivity index (χ2n) is 6.21. The number of carbonyl (C=O) groups excluding carboxylic acids is 1. The Bertz CT molecular complexity index is 799. The number of nitrogens with one attached hydrogen (secondary N) is 2. The highest BCUT2D eigenvalue weighted by atomic mass is 32.2. The Hall–Kier alpha value is -2.24. The summed E-state index contributed by atoms with van der Waals surface area (Å²) in [6, 6.07) is 6.06. The number of anilines is 1. The van der Waals surface area contributed by atoms with Gasteiger partial charge in [0.25, 0.3) is 0 Å². The quantitative estimate of drug-likeness (QED) is 0.615. The number of hydrogen-bond acceptors (Lipinski definition) is 6. The second kappa shape index (κ2) is 9.80. The zero-order chi connectivity index (χ0) is 19.9. The summed E-state index contributed by atoms with van der Waals surface area (Å²) in [4.78, 5) is 13.6. The van der Waals surface area contributed by atoms with Crippen LogP contribution in [0.15, 0.2) is 29.4 Å². The van der Waals surface area contributed by atoms with Gasteiger partial charge in [-0.1, -0.05) is 23.9 Å². The number of quaternary nitrogens is 1. The molecule has 0 saturated carbocycles. The van der Waals surface area contributed by atoms with E-state index < -0.39 is 6.61 Å². The van der Waals surface area contributed by atoms with Crippen molar-refractivity contribution in [2.75, 3.05) is 37.4 Å². The summed E-state index contributed by atoms with van der Waals surface area (Å²) < 4.78 is 36.5. The Balaban J connectivity index is 1.54. The van der Waals surface area contributed by atoms with E-state index in [2.05, 4.69) is 20.3 Å². The number of rotatable bonds is 8. The molecule has 0 bridgehead atoms. The largest absolute Gasteiger partial charge is 0.433 e. The third-order valence-corrected chi connectivity index (χ3v) is 5.26. The van der Waals surface area contributed by atoms with Crippen LogP contribution in [0.2, 0.25) is 0 Å². The number of hydrogen-bond donors (Lipinski definition) is 2. The zero-order valence-electron chi connectivity index (χ0n) is 15.4. The molecule has 11 heteroatoms. The Labute approximate surface area is 165 Å². The molecule has 1 saturated heterocycles. The average Bonchev–Trinajstić information content (AvgIpc) is 3.02. The topological polar surface area (TPSA) is 82.7 Å². The average molecular weight is 414 g/mol. The predicted octanol–water partition coefficient (Wildman–Crippen LogP) is 0.562. The summed E-state index contributed by atoms with van der Waals surface area (Å²) in [7, 11) is 1.86. The first-order chi connectivity index (χ1) is 13.5. The van der Waals surface area contributed by atoms with Gasteiger partial charge >= 0.3 is 6.61 Å². The third-order valence-electron chi connectivity index (χ3n) is 4.24. The van der Waals surface area contributed by atoms with Crippen LogP contribution in [-0.2, 0) is 23.1 Å². The van der Waals surface area contributed by atoms with Crippen LogP contribution in [0.4, 0.5) is 14.5 Å². The number of halogens is 2. The lowest BCUT2D eigenvalue weighted by Crippen LogP contribution is -3.12. The number of alkyl halides is 2.